The molecule has 0 radical (unpaired) electrons. The lowest BCUT2D eigenvalue weighted by atomic mass is 10.3. The molecule has 0 aliphatic rings. The SMILES string of the molecule is CS(=O)(=O)c1ccc(NC(=O)C(=O)NCC(N)=S)cc1. The van der Waals surface area contributed by atoms with Crippen LogP contribution in [0.2, 0.25) is 0 Å². The quantitative estimate of drug-likeness (QED) is 0.506. The zero-order chi connectivity index (χ0) is 15.3. The van der Waals surface area contributed by atoms with Gasteiger partial charge in [-0.15, -0.1) is 0 Å². The molecule has 2 amide bonds. The van der Waals surface area contributed by atoms with Gasteiger partial charge in [0.05, 0.1) is 16.4 Å². The summed E-state index contributed by atoms with van der Waals surface area (Å²) < 4.78 is 22.5. The van der Waals surface area contributed by atoms with Crippen molar-refractivity contribution in [1.82, 2.24) is 5.32 Å². The summed E-state index contributed by atoms with van der Waals surface area (Å²) in [6.07, 6.45) is 1.07. The highest BCUT2D eigenvalue weighted by Crippen LogP contribution is 2.13. The Bertz CT molecular complexity index is 638. The summed E-state index contributed by atoms with van der Waals surface area (Å²) in [5.74, 6) is -1.78. The third kappa shape index (κ3) is 4.94. The van der Waals surface area contributed by atoms with Crippen molar-refractivity contribution in [2.75, 3.05) is 18.1 Å². The molecule has 0 aromatic heterocycles. The Hall–Kier alpha value is -2.00. The van der Waals surface area contributed by atoms with Crippen LogP contribution >= 0.6 is 12.2 Å². The fourth-order valence-electron chi connectivity index (χ4n) is 1.22. The molecule has 0 heterocycles. The normalized spacial score (nSPS) is 10.7. The number of benzene rings is 1. The van der Waals surface area contributed by atoms with Gasteiger partial charge in [-0.3, -0.25) is 9.59 Å². The van der Waals surface area contributed by atoms with E-state index in [4.69, 9.17) is 5.73 Å². The van der Waals surface area contributed by atoms with Crippen LogP contribution in [-0.4, -0.2) is 38.0 Å². The zero-order valence-electron chi connectivity index (χ0n) is 10.5. The molecule has 4 N–H and O–H groups in total. The van der Waals surface area contributed by atoms with Crippen molar-refractivity contribution >= 4 is 44.5 Å². The molecule has 0 aliphatic carbocycles. The van der Waals surface area contributed by atoms with Crippen LogP contribution in [0.15, 0.2) is 29.2 Å². The van der Waals surface area contributed by atoms with Crippen molar-refractivity contribution in [2.45, 2.75) is 4.90 Å². The van der Waals surface area contributed by atoms with E-state index in [1.54, 1.807) is 0 Å². The average Bonchev–Trinajstić information content (AvgIpc) is 2.35. The van der Waals surface area contributed by atoms with Gasteiger partial charge in [-0.25, -0.2) is 8.42 Å². The molecule has 108 valence electrons. The average molecular weight is 315 g/mol. The summed E-state index contributed by atoms with van der Waals surface area (Å²) in [5.41, 5.74) is 5.48. The number of thiocarbonyl (C=S) groups is 1. The molecule has 7 nitrogen and oxygen atoms in total. The first-order valence-electron chi connectivity index (χ1n) is 5.38. The highest BCUT2D eigenvalue weighted by atomic mass is 32.2. The van der Waals surface area contributed by atoms with Crippen LogP contribution in [0.5, 0.6) is 0 Å². The van der Waals surface area contributed by atoms with Crippen LogP contribution in [-0.2, 0) is 19.4 Å². The highest BCUT2D eigenvalue weighted by Gasteiger charge is 2.14. The van der Waals surface area contributed by atoms with Crippen molar-refractivity contribution in [3.63, 3.8) is 0 Å². The topological polar surface area (TPSA) is 118 Å². The molecule has 1 aromatic rings. The van der Waals surface area contributed by atoms with Gasteiger partial charge >= 0.3 is 11.8 Å². The van der Waals surface area contributed by atoms with Gasteiger partial charge in [-0.05, 0) is 24.3 Å². The summed E-state index contributed by atoms with van der Waals surface area (Å²) >= 11 is 4.55. The number of nitrogens with two attached hydrogens (primary N) is 1. The number of carbonyl (C=O) groups excluding carboxylic acids is 2. The van der Waals surface area contributed by atoms with E-state index in [1.807, 2.05) is 0 Å². The Kier molecular flexibility index (Phi) is 5.17. The fourth-order valence-corrected chi connectivity index (χ4v) is 1.92. The van der Waals surface area contributed by atoms with Gasteiger partial charge < -0.3 is 16.4 Å². The van der Waals surface area contributed by atoms with Crippen molar-refractivity contribution in [2.24, 2.45) is 5.73 Å². The van der Waals surface area contributed by atoms with E-state index in [0.29, 0.717) is 5.69 Å². The van der Waals surface area contributed by atoms with Gasteiger partial charge in [-0.1, -0.05) is 12.2 Å². The highest BCUT2D eigenvalue weighted by molar-refractivity contribution is 7.90. The Morgan fingerprint density at radius 3 is 2.20 bits per heavy atom. The maximum atomic E-state index is 11.5. The standard InChI is InChI=1S/C11H13N3O4S2/c1-20(17,18)8-4-2-7(3-5-8)14-11(16)10(15)13-6-9(12)19/h2-5H,6H2,1H3,(H2,12,19)(H,13,15)(H,14,16). The van der Waals surface area contributed by atoms with E-state index in [-0.39, 0.29) is 16.4 Å². The molecule has 0 fully saturated rings. The van der Waals surface area contributed by atoms with Crippen molar-refractivity contribution in [1.29, 1.82) is 0 Å². The second kappa shape index (κ2) is 6.44. The molecule has 0 saturated carbocycles. The first-order valence-corrected chi connectivity index (χ1v) is 7.67. The van der Waals surface area contributed by atoms with Crippen LogP contribution in [0.3, 0.4) is 0 Å². The minimum Gasteiger partial charge on any atom is -0.392 e. The minimum atomic E-state index is -3.30. The number of hydrogen-bond acceptors (Lipinski definition) is 5. The van der Waals surface area contributed by atoms with Crippen LogP contribution in [0.25, 0.3) is 0 Å². The van der Waals surface area contributed by atoms with E-state index in [1.165, 1.54) is 24.3 Å². The van der Waals surface area contributed by atoms with Crippen LogP contribution in [0.1, 0.15) is 0 Å². The molecule has 0 bridgehead atoms. The zero-order valence-corrected chi connectivity index (χ0v) is 12.2. The summed E-state index contributed by atoms with van der Waals surface area (Å²) in [4.78, 5) is 23.0. The Balaban J connectivity index is 2.67. The van der Waals surface area contributed by atoms with Gasteiger partial charge in [0.15, 0.2) is 9.84 Å². The molecule has 0 aliphatic heterocycles. The van der Waals surface area contributed by atoms with Gasteiger partial charge in [0.1, 0.15) is 0 Å². The molecule has 9 heteroatoms. The minimum absolute atomic E-state index is 0.0589. The third-order valence-electron chi connectivity index (χ3n) is 2.17. The largest absolute Gasteiger partial charge is 0.392 e. The van der Waals surface area contributed by atoms with Crippen molar-refractivity contribution < 1.29 is 18.0 Å². The monoisotopic (exact) mass is 315 g/mol. The summed E-state index contributed by atoms with van der Waals surface area (Å²) in [5, 5.41) is 4.54. The maximum Gasteiger partial charge on any atom is 0.313 e. The molecular formula is C11H13N3O4S2. The van der Waals surface area contributed by atoms with E-state index >= 15 is 0 Å². The number of nitrogens with one attached hydrogen (secondary N) is 2. The lowest BCUT2D eigenvalue weighted by Gasteiger charge is -2.06. The predicted octanol–water partition coefficient (Wildman–Crippen LogP) is -0.569. The van der Waals surface area contributed by atoms with Gasteiger partial charge in [0.25, 0.3) is 0 Å². The summed E-state index contributed by atoms with van der Waals surface area (Å²) in [6.45, 7) is -0.0748. The number of anilines is 1. The molecule has 0 spiro atoms. The summed E-state index contributed by atoms with van der Waals surface area (Å²) in [7, 11) is -3.30. The molecule has 1 rings (SSSR count). The molecule has 20 heavy (non-hydrogen) atoms. The van der Waals surface area contributed by atoms with E-state index in [0.717, 1.165) is 6.26 Å². The molecule has 0 atom stereocenters. The van der Waals surface area contributed by atoms with E-state index in [2.05, 4.69) is 22.9 Å². The molecule has 0 unspecified atom stereocenters. The van der Waals surface area contributed by atoms with Crippen LogP contribution in [0.4, 0.5) is 5.69 Å². The lowest BCUT2D eigenvalue weighted by Crippen LogP contribution is -2.39. The first kappa shape index (κ1) is 16.1. The fraction of sp³-hybridized carbons (Fsp3) is 0.182. The first-order chi connectivity index (χ1) is 9.20. The van der Waals surface area contributed by atoms with Crippen LogP contribution < -0.4 is 16.4 Å². The lowest BCUT2D eigenvalue weighted by molar-refractivity contribution is -0.135. The maximum absolute atomic E-state index is 11.5. The van der Waals surface area contributed by atoms with Gasteiger partial charge in [0.2, 0.25) is 0 Å². The number of hydrogen-bond donors (Lipinski definition) is 3. The number of amides is 2. The number of sulfone groups is 1. The van der Waals surface area contributed by atoms with E-state index in [9.17, 15) is 18.0 Å². The Morgan fingerprint density at radius 1 is 1.20 bits per heavy atom. The van der Waals surface area contributed by atoms with Gasteiger partial charge in [-0.2, -0.15) is 0 Å². The second-order valence-corrected chi connectivity index (χ2v) is 6.44. The predicted molar refractivity (Wildman–Crippen MR) is 78.0 cm³/mol. The molecular weight excluding hydrogens is 302 g/mol. The summed E-state index contributed by atoms with van der Waals surface area (Å²) in [6, 6.07) is 5.43. The van der Waals surface area contributed by atoms with E-state index < -0.39 is 21.7 Å². The molecule has 1 aromatic carbocycles. The van der Waals surface area contributed by atoms with Gasteiger partial charge in [0, 0.05) is 11.9 Å². The van der Waals surface area contributed by atoms with Crippen LogP contribution in [0, 0.1) is 0 Å². The molecule has 0 saturated heterocycles. The Morgan fingerprint density at radius 2 is 1.75 bits per heavy atom. The number of rotatable bonds is 4. The van der Waals surface area contributed by atoms with Crippen molar-refractivity contribution in [3.05, 3.63) is 24.3 Å². The third-order valence-corrected chi connectivity index (χ3v) is 3.44. The Labute approximate surface area is 121 Å². The smallest absolute Gasteiger partial charge is 0.313 e. The number of carbonyl (C=O) groups is 2. The second-order valence-electron chi connectivity index (χ2n) is 3.90. The van der Waals surface area contributed by atoms with Crippen molar-refractivity contribution in [3.8, 4) is 0 Å².